The molecule has 1 aromatic heterocycles. The summed E-state index contributed by atoms with van der Waals surface area (Å²) in [7, 11) is 0. The normalized spacial score (nSPS) is 15.8. The van der Waals surface area contributed by atoms with E-state index in [2.05, 4.69) is 40.7 Å². The van der Waals surface area contributed by atoms with Crippen LogP contribution in [0.15, 0.2) is 17.3 Å². The van der Waals surface area contributed by atoms with Gasteiger partial charge in [0, 0.05) is 51.5 Å². The summed E-state index contributed by atoms with van der Waals surface area (Å²) in [5.74, 6) is 0.677. The van der Waals surface area contributed by atoms with Crippen LogP contribution in [-0.2, 0) is 11.0 Å². The Bertz CT molecular complexity index is 733. The highest BCUT2D eigenvalue weighted by molar-refractivity contribution is 5.80. The molecule has 0 aliphatic carbocycles. The van der Waals surface area contributed by atoms with Crippen LogP contribution in [0, 0.1) is 0 Å². The number of alkyl halides is 3. The van der Waals surface area contributed by atoms with Crippen LogP contribution in [0.4, 0.5) is 19.1 Å². The molecule has 1 aromatic rings. The molecule has 0 unspecified atom stereocenters. The molecule has 0 saturated carbocycles. The molecule has 3 N–H and O–H groups in total. The van der Waals surface area contributed by atoms with Gasteiger partial charge >= 0.3 is 6.18 Å². The lowest BCUT2D eigenvalue weighted by Crippen LogP contribution is -2.54. The Morgan fingerprint density at radius 1 is 1.26 bits per heavy atom. The quantitative estimate of drug-likeness (QED) is 0.313. The van der Waals surface area contributed by atoms with Crippen molar-refractivity contribution in [1.82, 2.24) is 30.4 Å². The molecule has 1 aliphatic rings. The molecule has 1 aliphatic heterocycles. The highest BCUT2D eigenvalue weighted by Crippen LogP contribution is 2.27. The number of halogens is 3. The van der Waals surface area contributed by atoms with E-state index in [9.17, 15) is 18.0 Å². The van der Waals surface area contributed by atoms with Gasteiger partial charge in [0.25, 0.3) is 0 Å². The summed E-state index contributed by atoms with van der Waals surface area (Å²) in [5.41, 5.74) is -0.984. The zero-order chi connectivity index (χ0) is 22.9. The van der Waals surface area contributed by atoms with Crippen LogP contribution in [-0.4, -0.2) is 90.0 Å². The van der Waals surface area contributed by atoms with Crippen molar-refractivity contribution in [2.75, 3.05) is 57.7 Å². The van der Waals surface area contributed by atoms with Crippen LogP contribution in [0.2, 0.25) is 0 Å². The Balaban J connectivity index is 1.82. The Hall–Kier alpha value is -2.63. The van der Waals surface area contributed by atoms with Crippen LogP contribution < -0.4 is 16.0 Å². The SMILES string of the molecule is CCNC(=NCCNc1nccc(C(F)(F)F)n1)N1CCN(CC(=O)NC(C)C)CC1. The fraction of sp³-hybridized carbons (Fsp3) is 0.684. The summed E-state index contributed by atoms with van der Waals surface area (Å²) in [6.45, 7) is 10.5. The molecule has 2 rings (SSSR count). The van der Waals surface area contributed by atoms with E-state index in [1.165, 1.54) is 0 Å². The lowest BCUT2D eigenvalue weighted by molar-refractivity contribution is -0.141. The maximum Gasteiger partial charge on any atom is 0.433 e. The molecule has 1 saturated heterocycles. The maximum absolute atomic E-state index is 12.7. The number of aromatic nitrogens is 2. The van der Waals surface area contributed by atoms with E-state index in [0.717, 1.165) is 44.4 Å². The van der Waals surface area contributed by atoms with Crippen LogP contribution in [0.3, 0.4) is 0 Å². The molecule has 2 heterocycles. The summed E-state index contributed by atoms with van der Waals surface area (Å²) in [5, 5.41) is 8.90. The number of hydrogen-bond donors (Lipinski definition) is 3. The van der Waals surface area contributed by atoms with E-state index in [1.54, 1.807) is 0 Å². The second kappa shape index (κ2) is 11.7. The van der Waals surface area contributed by atoms with E-state index in [4.69, 9.17) is 0 Å². The fourth-order valence-corrected chi connectivity index (χ4v) is 3.05. The number of hydrogen-bond acceptors (Lipinski definition) is 6. The number of nitrogens with one attached hydrogen (secondary N) is 3. The van der Waals surface area contributed by atoms with Crippen LogP contribution in [0.25, 0.3) is 0 Å². The molecule has 1 amide bonds. The number of carbonyl (C=O) groups is 1. The second-order valence-electron chi connectivity index (χ2n) is 7.41. The zero-order valence-corrected chi connectivity index (χ0v) is 18.2. The van der Waals surface area contributed by atoms with Crippen molar-refractivity contribution >= 4 is 17.8 Å². The van der Waals surface area contributed by atoms with Crippen molar-refractivity contribution in [3.05, 3.63) is 18.0 Å². The van der Waals surface area contributed by atoms with Gasteiger partial charge in [0.15, 0.2) is 5.96 Å². The van der Waals surface area contributed by atoms with E-state index in [-0.39, 0.29) is 17.9 Å². The molecule has 174 valence electrons. The molecular formula is C19H31F3N8O. The van der Waals surface area contributed by atoms with Crippen molar-refractivity contribution in [2.45, 2.75) is 33.0 Å². The Labute approximate surface area is 180 Å². The number of aliphatic imine (C=N–C) groups is 1. The van der Waals surface area contributed by atoms with E-state index < -0.39 is 11.9 Å². The average molecular weight is 445 g/mol. The minimum absolute atomic E-state index is 0.0203. The van der Waals surface area contributed by atoms with Gasteiger partial charge in [0.05, 0.1) is 13.1 Å². The van der Waals surface area contributed by atoms with Crippen molar-refractivity contribution in [2.24, 2.45) is 4.99 Å². The Morgan fingerprint density at radius 3 is 2.58 bits per heavy atom. The summed E-state index contributed by atoms with van der Waals surface area (Å²) in [4.78, 5) is 28.0. The first-order valence-electron chi connectivity index (χ1n) is 10.4. The molecule has 12 heteroatoms. The van der Waals surface area contributed by atoms with Crippen molar-refractivity contribution in [1.29, 1.82) is 0 Å². The monoisotopic (exact) mass is 444 g/mol. The standard InChI is InChI=1S/C19H31F3N8O/c1-4-23-18(30-11-9-29(10-12-30)13-16(31)27-14(2)3)26-8-7-25-17-24-6-5-15(28-17)19(20,21)22/h5-6,14H,4,7-13H2,1-3H3,(H,23,26)(H,27,31)(H,24,25,28). The summed E-state index contributed by atoms with van der Waals surface area (Å²) in [6.07, 6.45) is -3.43. The van der Waals surface area contributed by atoms with Crippen LogP contribution >= 0.6 is 0 Å². The minimum Gasteiger partial charge on any atom is -0.357 e. The van der Waals surface area contributed by atoms with Crippen LogP contribution in [0.1, 0.15) is 26.5 Å². The van der Waals surface area contributed by atoms with E-state index in [1.807, 2.05) is 20.8 Å². The molecule has 0 spiro atoms. The number of rotatable bonds is 8. The predicted octanol–water partition coefficient (Wildman–Crippen LogP) is 1.02. The number of guanidine groups is 1. The van der Waals surface area contributed by atoms with Crippen LogP contribution in [0.5, 0.6) is 0 Å². The summed E-state index contributed by atoms with van der Waals surface area (Å²) < 4.78 is 38.2. The van der Waals surface area contributed by atoms with Gasteiger partial charge in [-0.15, -0.1) is 0 Å². The largest absolute Gasteiger partial charge is 0.433 e. The first-order chi connectivity index (χ1) is 14.7. The maximum atomic E-state index is 12.7. The number of anilines is 1. The molecule has 9 nitrogen and oxygen atoms in total. The highest BCUT2D eigenvalue weighted by Gasteiger charge is 2.32. The third kappa shape index (κ3) is 8.56. The zero-order valence-electron chi connectivity index (χ0n) is 18.2. The molecule has 31 heavy (non-hydrogen) atoms. The smallest absolute Gasteiger partial charge is 0.357 e. The van der Waals surface area contributed by atoms with Gasteiger partial charge < -0.3 is 20.9 Å². The van der Waals surface area contributed by atoms with Gasteiger partial charge in [0.1, 0.15) is 5.69 Å². The number of carbonyl (C=O) groups excluding carboxylic acids is 1. The molecule has 0 radical (unpaired) electrons. The molecular weight excluding hydrogens is 413 g/mol. The number of amides is 1. The van der Waals surface area contributed by atoms with Crippen molar-refractivity contribution in [3.63, 3.8) is 0 Å². The lowest BCUT2D eigenvalue weighted by Gasteiger charge is -2.36. The second-order valence-corrected chi connectivity index (χ2v) is 7.41. The fourth-order valence-electron chi connectivity index (χ4n) is 3.05. The van der Waals surface area contributed by atoms with Gasteiger partial charge in [-0.25, -0.2) is 9.97 Å². The van der Waals surface area contributed by atoms with Gasteiger partial charge in [-0.05, 0) is 26.8 Å². The predicted molar refractivity (Wildman–Crippen MR) is 113 cm³/mol. The van der Waals surface area contributed by atoms with Crippen molar-refractivity contribution < 1.29 is 18.0 Å². The summed E-state index contributed by atoms with van der Waals surface area (Å²) >= 11 is 0. The van der Waals surface area contributed by atoms with Gasteiger partial charge in [-0.1, -0.05) is 0 Å². The highest BCUT2D eigenvalue weighted by atomic mass is 19.4. The molecule has 1 fully saturated rings. The lowest BCUT2D eigenvalue weighted by atomic mass is 10.3. The van der Waals surface area contributed by atoms with Gasteiger partial charge in [-0.3, -0.25) is 14.7 Å². The first kappa shape index (κ1) is 24.6. The van der Waals surface area contributed by atoms with Gasteiger partial charge in [0.2, 0.25) is 11.9 Å². The van der Waals surface area contributed by atoms with E-state index in [0.29, 0.717) is 26.2 Å². The van der Waals surface area contributed by atoms with Crippen molar-refractivity contribution in [3.8, 4) is 0 Å². The minimum atomic E-state index is -4.51. The first-order valence-corrected chi connectivity index (χ1v) is 10.4. The Kier molecular flexibility index (Phi) is 9.28. The average Bonchev–Trinajstić information content (AvgIpc) is 2.70. The molecule has 0 bridgehead atoms. The van der Waals surface area contributed by atoms with E-state index >= 15 is 0 Å². The number of piperazine rings is 1. The topological polar surface area (TPSA) is 97.8 Å². The third-order valence-electron chi connectivity index (χ3n) is 4.43. The Morgan fingerprint density at radius 2 is 1.97 bits per heavy atom. The number of nitrogens with zero attached hydrogens (tertiary/aromatic N) is 5. The van der Waals surface area contributed by atoms with Gasteiger partial charge in [-0.2, -0.15) is 13.2 Å². The summed E-state index contributed by atoms with van der Waals surface area (Å²) in [6, 6.07) is 0.954. The third-order valence-corrected chi connectivity index (χ3v) is 4.43. The molecule has 0 atom stereocenters. The molecule has 0 aromatic carbocycles.